The monoisotopic (exact) mass is 402 g/mol. The zero-order valence-corrected chi connectivity index (χ0v) is 16.7. The number of nitrogens with one attached hydrogen (secondary N) is 1. The number of aromatic nitrogens is 3. The second-order valence-corrected chi connectivity index (χ2v) is 8.09. The molecule has 2 aromatic rings. The van der Waals surface area contributed by atoms with Gasteiger partial charge in [0, 0.05) is 11.7 Å². The summed E-state index contributed by atoms with van der Waals surface area (Å²) in [5.74, 6) is 0.635. The summed E-state index contributed by atoms with van der Waals surface area (Å²) in [5.41, 5.74) is 1.70. The van der Waals surface area contributed by atoms with Gasteiger partial charge in [0.25, 0.3) is 5.91 Å². The molecule has 2 aliphatic rings. The number of hydrogen-bond donors (Lipinski definition) is 1. The molecule has 0 saturated heterocycles. The van der Waals surface area contributed by atoms with Gasteiger partial charge >= 0.3 is 5.97 Å². The Morgan fingerprint density at radius 1 is 1.25 bits per heavy atom. The van der Waals surface area contributed by atoms with Crippen LogP contribution in [0.2, 0.25) is 5.02 Å². The molecule has 1 amide bonds. The fourth-order valence-electron chi connectivity index (χ4n) is 3.51. The van der Waals surface area contributed by atoms with E-state index < -0.39 is 5.97 Å². The summed E-state index contributed by atoms with van der Waals surface area (Å²) in [6.45, 7) is 3.44. The lowest BCUT2D eigenvalue weighted by Crippen LogP contribution is -2.40. The first-order valence-corrected chi connectivity index (χ1v) is 9.97. The molecule has 28 heavy (non-hydrogen) atoms. The van der Waals surface area contributed by atoms with Gasteiger partial charge in [-0.3, -0.25) is 4.79 Å². The Hall–Kier alpha value is -2.41. The van der Waals surface area contributed by atoms with Gasteiger partial charge < -0.3 is 10.1 Å². The van der Waals surface area contributed by atoms with Crippen LogP contribution in [-0.4, -0.2) is 39.3 Å². The summed E-state index contributed by atoms with van der Waals surface area (Å²) in [6.07, 6.45) is 4.67. The summed E-state index contributed by atoms with van der Waals surface area (Å²) in [6, 6.07) is 5.39. The molecule has 0 radical (unpaired) electrons. The number of amides is 1. The average molecular weight is 403 g/mol. The van der Waals surface area contributed by atoms with Crippen molar-refractivity contribution >= 4 is 23.5 Å². The third-order valence-electron chi connectivity index (χ3n) is 5.17. The van der Waals surface area contributed by atoms with Gasteiger partial charge in [-0.25, -0.2) is 14.5 Å². The number of carbonyl (C=O) groups is 2. The molecule has 2 heterocycles. The van der Waals surface area contributed by atoms with Gasteiger partial charge in [0.15, 0.2) is 18.1 Å². The quantitative estimate of drug-likeness (QED) is 0.719. The molecule has 2 saturated carbocycles. The van der Waals surface area contributed by atoms with E-state index in [0.717, 1.165) is 11.4 Å². The van der Waals surface area contributed by atoms with Crippen molar-refractivity contribution in [3.05, 3.63) is 40.3 Å². The largest absolute Gasteiger partial charge is 0.451 e. The van der Waals surface area contributed by atoms with Crippen molar-refractivity contribution in [3.63, 3.8) is 0 Å². The third kappa shape index (κ3) is 4.19. The minimum Gasteiger partial charge on any atom is -0.451 e. The number of nitrogens with zero attached hydrogens (tertiary/aromatic N) is 3. The second-order valence-electron chi connectivity index (χ2n) is 7.68. The fraction of sp³-hybridized carbons (Fsp3) is 0.500. The lowest BCUT2D eigenvalue weighted by Gasteiger charge is -2.17. The summed E-state index contributed by atoms with van der Waals surface area (Å²) in [7, 11) is 0. The van der Waals surface area contributed by atoms with Crippen LogP contribution in [0, 0.1) is 25.7 Å². The van der Waals surface area contributed by atoms with E-state index in [1.54, 1.807) is 16.8 Å². The van der Waals surface area contributed by atoms with Crippen LogP contribution in [0.4, 0.5) is 0 Å². The van der Waals surface area contributed by atoms with Crippen molar-refractivity contribution < 1.29 is 14.3 Å². The smallest absolute Gasteiger partial charge is 0.359 e. The maximum absolute atomic E-state index is 12.4. The Kier molecular flexibility index (Phi) is 5.10. The second kappa shape index (κ2) is 7.54. The van der Waals surface area contributed by atoms with E-state index >= 15 is 0 Å². The lowest BCUT2D eigenvalue weighted by atomic mass is 10.1. The summed E-state index contributed by atoms with van der Waals surface area (Å²) < 4.78 is 6.80. The summed E-state index contributed by atoms with van der Waals surface area (Å²) in [5, 5.41) is 7.55. The maximum atomic E-state index is 12.4. The van der Waals surface area contributed by atoms with Gasteiger partial charge in [-0.2, -0.15) is 5.10 Å². The van der Waals surface area contributed by atoms with E-state index in [1.807, 2.05) is 19.9 Å². The number of aryl methyl sites for hydroxylation is 2. The number of hydrogen-bond acceptors (Lipinski definition) is 5. The highest BCUT2D eigenvalue weighted by molar-refractivity contribution is 6.33. The number of rotatable bonds is 7. The van der Waals surface area contributed by atoms with Crippen molar-refractivity contribution in [2.24, 2.45) is 11.8 Å². The molecule has 0 unspecified atom stereocenters. The number of halogens is 1. The first kappa shape index (κ1) is 18.9. The van der Waals surface area contributed by atoms with Crippen LogP contribution in [0.1, 0.15) is 47.6 Å². The SMILES string of the molecule is Cc1cc(C)n(-c2ccc(Cl)c(C(=O)OCC(=O)NC(C3CC3)C3CC3)n2)n1. The molecular formula is C20H23ClN4O3. The van der Waals surface area contributed by atoms with E-state index in [4.69, 9.17) is 16.3 Å². The Morgan fingerprint density at radius 3 is 2.50 bits per heavy atom. The first-order valence-electron chi connectivity index (χ1n) is 9.59. The van der Waals surface area contributed by atoms with E-state index in [-0.39, 0.29) is 29.3 Å². The van der Waals surface area contributed by atoms with Crippen LogP contribution in [0.3, 0.4) is 0 Å². The fourth-order valence-corrected chi connectivity index (χ4v) is 3.69. The Bertz CT molecular complexity index is 906. The first-order chi connectivity index (χ1) is 13.4. The molecule has 148 valence electrons. The highest BCUT2D eigenvalue weighted by Gasteiger charge is 2.42. The molecule has 0 spiro atoms. The van der Waals surface area contributed by atoms with Gasteiger partial charge in [-0.15, -0.1) is 0 Å². The molecule has 2 fully saturated rings. The van der Waals surface area contributed by atoms with E-state index in [0.29, 0.717) is 17.7 Å². The van der Waals surface area contributed by atoms with Gasteiger partial charge in [0.05, 0.1) is 10.7 Å². The van der Waals surface area contributed by atoms with Crippen molar-refractivity contribution in [2.45, 2.75) is 45.6 Å². The van der Waals surface area contributed by atoms with Gasteiger partial charge in [0.1, 0.15) is 0 Å². The minimum absolute atomic E-state index is 0.0274. The van der Waals surface area contributed by atoms with Crippen molar-refractivity contribution in [2.75, 3.05) is 6.61 Å². The lowest BCUT2D eigenvalue weighted by molar-refractivity contribution is -0.125. The average Bonchev–Trinajstić information content (AvgIpc) is 3.57. The predicted octanol–water partition coefficient (Wildman–Crippen LogP) is 3.00. The highest BCUT2D eigenvalue weighted by atomic mass is 35.5. The Labute approximate surface area is 168 Å². The van der Waals surface area contributed by atoms with Crippen molar-refractivity contribution in [3.8, 4) is 5.82 Å². The van der Waals surface area contributed by atoms with Gasteiger partial charge in [-0.05, 0) is 69.6 Å². The number of esters is 1. The van der Waals surface area contributed by atoms with Crippen LogP contribution >= 0.6 is 11.6 Å². The van der Waals surface area contributed by atoms with E-state index in [9.17, 15) is 9.59 Å². The molecule has 2 aliphatic carbocycles. The highest BCUT2D eigenvalue weighted by Crippen LogP contribution is 2.44. The number of carbonyl (C=O) groups excluding carboxylic acids is 2. The maximum Gasteiger partial charge on any atom is 0.359 e. The topological polar surface area (TPSA) is 86.1 Å². The molecule has 2 aromatic heterocycles. The van der Waals surface area contributed by atoms with Crippen LogP contribution in [-0.2, 0) is 9.53 Å². The zero-order chi connectivity index (χ0) is 19.8. The molecule has 7 nitrogen and oxygen atoms in total. The third-order valence-corrected chi connectivity index (χ3v) is 5.48. The number of pyridine rings is 1. The van der Waals surface area contributed by atoms with Crippen LogP contribution in [0.5, 0.6) is 0 Å². The molecule has 0 aliphatic heterocycles. The zero-order valence-electron chi connectivity index (χ0n) is 15.9. The molecule has 0 atom stereocenters. The van der Waals surface area contributed by atoms with Crippen LogP contribution in [0.25, 0.3) is 5.82 Å². The number of ether oxygens (including phenoxy) is 1. The van der Waals surface area contributed by atoms with Gasteiger partial charge in [0.2, 0.25) is 0 Å². The molecular weight excluding hydrogens is 380 g/mol. The molecule has 0 bridgehead atoms. The van der Waals surface area contributed by atoms with Crippen LogP contribution < -0.4 is 5.32 Å². The Morgan fingerprint density at radius 2 is 1.93 bits per heavy atom. The summed E-state index contributed by atoms with van der Waals surface area (Å²) in [4.78, 5) is 29.0. The normalized spacial score (nSPS) is 16.3. The van der Waals surface area contributed by atoms with Gasteiger partial charge in [-0.1, -0.05) is 11.6 Å². The predicted molar refractivity (Wildman–Crippen MR) is 104 cm³/mol. The Balaban J connectivity index is 1.40. The van der Waals surface area contributed by atoms with E-state index in [2.05, 4.69) is 15.4 Å². The van der Waals surface area contributed by atoms with Crippen LogP contribution in [0.15, 0.2) is 18.2 Å². The minimum atomic E-state index is -0.724. The summed E-state index contributed by atoms with van der Waals surface area (Å²) >= 11 is 6.13. The van der Waals surface area contributed by atoms with Crippen molar-refractivity contribution in [1.29, 1.82) is 0 Å². The standard InChI is InChI=1S/C20H23ClN4O3/c1-11-9-12(2)25(24-11)16-8-7-15(21)19(22-16)20(27)28-10-17(26)23-18(13-3-4-13)14-5-6-14/h7-9,13-14,18H,3-6,10H2,1-2H3,(H,23,26). The molecule has 1 N–H and O–H groups in total. The molecule has 4 rings (SSSR count). The van der Waals surface area contributed by atoms with Crippen molar-refractivity contribution in [1.82, 2.24) is 20.1 Å². The molecule has 0 aromatic carbocycles. The van der Waals surface area contributed by atoms with E-state index in [1.165, 1.54) is 25.7 Å². The molecule has 8 heteroatoms.